The van der Waals surface area contributed by atoms with E-state index < -0.39 is 5.91 Å². The molecule has 3 rings (SSSR count). The summed E-state index contributed by atoms with van der Waals surface area (Å²) in [6.45, 7) is 0. The number of rotatable bonds is 2. The number of benzene rings is 1. The van der Waals surface area contributed by atoms with Gasteiger partial charge in [-0.15, -0.1) is 0 Å². The molecular formula is C14H17N3O2. The monoisotopic (exact) mass is 259 g/mol. The quantitative estimate of drug-likeness (QED) is 0.479. The van der Waals surface area contributed by atoms with Gasteiger partial charge in [0.15, 0.2) is 0 Å². The Labute approximate surface area is 110 Å². The molecule has 1 aliphatic carbocycles. The first kappa shape index (κ1) is 12.2. The molecule has 0 saturated heterocycles. The van der Waals surface area contributed by atoms with Gasteiger partial charge in [-0.25, -0.2) is 5.48 Å². The second-order valence-corrected chi connectivity index (χ2v) is 5.18. The van der Waals surface area contributed by atoms with Gasteiger partial charge in [0.2, 0.25) is 5.91 Å². The zero-order chi connectivity index (χ0) is 13.4. The van der Waals surface area contributed by atoms with E-state index in [1.54, 1.807) is 5.48 Å². The fourth-order valence-corrected chi connectivity index (χ4v) is 2.83. The van der Waals surface area contributed by atoms with Crippen LogP contribution in [0.2, 0.25) is 0 Å². The van der Waals surface area contributed by atoms with Crippen molar-refractivity contribution in [3.05, 3.63) is 35.0 Å². The summed E-state index contributed by atoms with van der Waals surface area (Å²) in [5.41, 5.74) is 12.2. The number of amides is 1. The molecule has 5 N–H and O–H groups in total. The normalized spacial score (nSPS) is 18.3. The third kappa shape index (κ3) is 2.22. The zero-order valence-electron chi connectivity index (χ0n) is 10.6. The summed E-state index contributed by atoms with van der Waals surface area (Å²) in [6, 6.07) is 6.12. The Hall–Kier alpha value is -1.85. The molecule has 1 unspecified atom stereocenters. The highest BCUT2D eigenvalue weighted by Gasteiger charge is 2.20. The van der Waals surface area contributed by atoms with Gasteiger partial charge in [0, 0.05) is 22.6 Å². The van der Waals surface area contributed by atoms with Gasteiger partial charge in [-0.05, 0) is 42.5 Å². The van der Waals surface area contributed by atoms with E-state index in [2.05, 4.69) is 4.98 Å². The topological polar surface area (TPSA) is 91.1 Å². The first-order chi connectivity index (χ1) is 9.17. The van der Waals surface area contributed by atoms with Crippen LogP contribution in [0, 0.1) is 0 Å². The van der Waals surface area contributed by atoms with Crippen molar-refractivity contribution >= 4 is 16.8 Å². The summed E-state index contributed by atoms with van der Waals surface area (Å²) >= 11 is 0. The maximum atomic E-state index is 11.2. The lowest BCUT2D eigenvalue weighted by Crippen LogP contribution is -2.27. The van der Waals surface area contributed by atoms with Crippen LogP contribution in [0.3, 0.4) is 0 Å². The largest absolute Gasteiger partial charge is 0.358 e. The molecule has 100 valence electrons. The van der Waals surface area contributed by atoms with Gasteiger partial charge in [0.1, 0.15) is 0 Å². The number of hydroxylamine groups is 1. The van der Waals surface area contributed by atoms with Gasteiger partial charge in [-0.2, -0.15) is 0 Å². The third-order valence-corrected chi connectivity index (χ3v) is 3.78. The maximum absolute atomic E-state index is 11.2. The lowest BCUT2D eigenvalue weighted by Gasteiger charge is -2.18. The Bertz CT molecular complexity index is 633. The summed E-state index contributed by atoms with van der Waals surface area (Å²) in [6.07, 6.45) is 3.06. The van der Waals surface area contributed by atoms with Crippen molar-refractivity contribution in [3.63, 3.8) is 0 Å². The van der Waals surface area contributed by atoms with Gasteiger partial charge in [0.25, 0.3) is 0 Å². The first-order valence-corrected chi connectivity index (χ1v) is 6.48. The van der Waals surface area contributed by atoms with Crippen LogP contribution in [0.5, 0.6) is 0 Å². The SMILES string of the molecule is NC1CCc2[nH]c3ccc(CC(=O)NO)cc3c2C1. The van der Waals surface area contributed by atoms with Crippen molar-refractivity contribution in [2.75, 3.05) is 0 Å². The smallest absolute Gasteiger partial charge is 0.247 e. The average molecular weight is 259 g/mol. The number of aromatic amines is 1. The Morgan fingerprint density at radius 3 is 3.16 bits per heavy atom. The Kier molecular flexibility index (Phi) is 3.00. The lowest BCUT2D eigenvalue weighted by atomic mass is 9.91. The van der Waals surface area contributed by atoms with Crippen LogP contribution in [0.4, 0.5) is 0 Å². The number of nitrogens with one attached hydrogen (secondary N) is 2. The molecule has 0 fully saturated rings. The number of fused-ring (bicyclic) bond motifs is 3. The van der Waals surface area contributed by atoms with E-state index in [9.17, 15) is 4.79 Å². The molecule has 0 radical (unpaired) electrons. The predicted octanol–water partition coefficient (Wildman–Crippen LogP) is 1.03. The van der Waals surface area contributed by atoms with Crippen LogP contribution >= 0.6 is 0 Å². The zero-order valence-corrected chi connectivity index (χ0v) is 10.6. The molecule has 1 aromatic heterocycles. The van der Waals surface area contributed by atoms with E-state index in [1.165, 1.54) is 11.3 Å². The van der Waals surface area contributed by atoms with Crippen molar-refractivity contribution < 1.29 is 10.0 Å². The number of H-pyrrole nitrogens is 1. The minimum Gasteiger partial charge on any atom is -0.358 e. The highest BCUT2D eigenvalue weighted by atomic mass is 16.5. The number of aromatic nitrogens is 1. The van der Waals surface area contributed by atoms with Crippen LogP contribution in [-0.4, -0.2) is 22.1 Å². The van der Waals surface area contributed by atoms with Crippen LogP contribution in [0.15, 0.2) is 18.2 Å². The van der Waals surface area contributed by atoms with Crippen LogP contribution in [0.25, 0.3) is 10.9 Å². The van der Waals surface area contributed by atoms with E-state index in [4.69, 9.17) is 10.9 Å². The number of carbonyl (C=O) groups excluding carboxylic acids is 1. The number of carbonyl (C=O) groups is 1. The van der Waals surface area contributed by atoms with Crippen LogP contribution in [-0.2, 0) is 24.1 Å². The summed E-state index contributed by atoms with van der Waals surface area (Å²) in [7, 11) is 0. The maximum Gasteiger partial charge on any atom is 0.247 e. The average Bonchev–Trinajstić information content (AvgIpc) is 2.76. The van der Waals surface area contributed by atoms with Crippen molar-refractivity contribution in [3.8, 4) is 0 Å². The predicted molar refractivity (Wildman–Crippen MR) is 71.9 cm³/mol. The fraction of sp³-hybridized carbons (Fsp3) is 0.357. The number of nitrogens with two attached hydrogens (primary N) is 1. The van der Waals surface area contributed by atoms with Gasteiger partial charge in [-0.1, -0.05) is 6.07 Å². The molecule has 2 aromatic rings. The highest BCUT2D eigenvalue weighted by Crippen LogP contribution is 2.29. The van der Waals surface area contributed by atoms with Crippen molar-refractivity contribution in [2.24, 2.45) is 5.73 Å². The van der Waals surface area contributed by atoms with Crippen LogP contribution < -0.4 is 11.2 Å². The summed E-state index contributed by atoms with van der Waals surface area (Å²) in [5.74, 6) is -0.402. The molecule has 1 amide bonds. The fourth-order valence-electron chi connectivity index (χ4n) is 2.83. The minimum atomic E-state index is -0.402. The van der Waals surface area contributed by atoms with E-state index in [0.29, 0.717) is 0 Å². The van der Waals surface area contributed by atoms with Crippen molar-refractivity contribution in [2.45, 2.75) is 31.7 Å². The number of aryl methyl sites for hydroxylation is 1. The molecular weight excluding hydrogens is 242 g/mol. The highest BCUT2D eigenvalue weighted by molar-refractivity contribution is 5.87. The Morgan fingerprint density at radius 2 is 2.37 bits per heavy atom. The second kappa shape index (κ2) is 4.68. The van der Waals surface area contributed by atoms with E-state index >= 15 is 0 Å². The van der Waals surface area contributed by atoms with E-state index in [-0.39, 0.29) is 12.5 Å². The van der Waals surface area contributed by atoms with Gasteiger partial charge in [-0.3, -0.25) is 10.0 Å². The second-order valence-electron chi connectivity index (χ2n) is 5.18. The van der Waals surface area contributed by atoms with Crippen molar-refractivity contribution in [1.82, 2.24) is 10.5 Å². The summed E-state index contributed by atoms with van der Waals surface area (Å²) < 4.78 is 0. The molecule has 1 heterocycles. The molecule has 19 heavy (non-hydrogen) atoms. The molecule has 0 aliphatic heterocycles. The summed E-state index contributed by atoms with van der Waals surface area (Å²) in [4.78, 5) is 14.6. The van der Waals surface area contributed by atoms with E-state index in [0.717, 1.165) is 35.7 Å². The molecule has 0 saturated carbocycles. The molecule has 1 atom stereocenters. The molecule has 0 spiro atoms. The lowest BCUT2D eigenvalue weighted by molar-refractivity contribution is -0.128. The molecule has 0 bridgehead atoms. The van der Waals surface area contributed by atoms with Gasteiger partial charge >= 0.3 is 0 Å². The molecule has 5 heteroatoms. The van der Waals surface area contributed by atoms with Gasteiger partial charge < -0.3 is 10.7 Å². The first-order valence-electron chi connectivity index (χ1n) is 6.48. The van der Waals surface area contributed by atoms with E-state index in [1.807, 2.05) is 18.2 Å². The van der Waals surface area contributed by atoms with Crippen LogP contribution in [0.1, 0.15) is 23.2 Å². The molecule has 5 nitrogen and oxygen atoms in total. The number of hydrogen-bond donors (Lipinski definition) is 4. The molecule has 1 aromatic carbocycles. The third-order valence-electron chi connectivity index (χ3n) is 3.78. The van der Waals surface area contributed by atoms with Crippen molar-refractivity contribution in [1.29, 1.82) is 0 Å². The minimum absolute atomic E-state index is 0.179. The van der Waals surface area contributed by atoms with Gasteiger partial charge in [0.05, 0.1) is 6.42 Å². The Morgan fingerprint density at radius 1 is 1.53 bits per heavy atom. The Balaban J connectivity index is 2.02. The summed E-state index contributed by atoms with van der Waals surface area (Å²) in [5, 5.41) is 9.72. The number of hydrogen-bond acceptors (Lipinski definition) is 3. The standard InChI is InChI=1S/C14H17N3O2/c15-9-2-4-13-11(7-9)10-5-8(6-14(18)17-19)1-3-12(10)16-13/h1,3,5,9,16,19H,2,4,6-7,15H2,(H,17,18). The molecule has 1 aliphatic rings.